The van der Waals surface area contributed by atoms with E-state index in [9.17, 15) is 0 Å². The fraction of sp³-hybridized carbons (Fsp3) is 0.154. The van der Waals surface area contributed by atoms with Crippen LogP contribution in [0.3, 0.4) is 0 Å². The molecule has 0 saturated carbocycles. The number of aryl methyl sites for hydroxylation is 1. The maximum atomic E-state index is 5.96. The SMILES string of the molecule is Cc1cc(Cl)ccc1OCc1ccc(Cl)nc1Cl. The molecule has 0 fully saturated rings. The van der Waals surface area contributed by atoms with Crippen molar-refractivity contribution in [2.45, 2.75) is 13.5 Å². The highest BCUT2D eigenvalue weighted by atomic mass is 35.5. The minimum atomic E-state index is 0.339. The lowest BCUT2D eigenvalue weighted by atomic mass is 10.2. The fourth-order valence-corrected chi connectivity index (χ4v) is 2.10. The van der Waals surface area contributed by atoms with Gasteiger partial charge < -0.3 is 4.74 Å². The third-order valence-corrected chi connectivity index (χ3v) is 3.18. The van der Waals surface area contributed by atoms with Crippen LogP contribution in [0.1, 0.15) is 11.1 Å². The zero-order valence-corrected chi connectivity index (χ0v) is 11.9. The number of pyridine rings is 1. The van der Waals surface area contributed by atoms with Crippen molar-refractivity contribution >= 4 is 34.8 Å². The number of hydrogen-bond donors (Lipinski definition) is 0. The number of halogens is 3. The first-order valence-corrected chi connectivity index (χ1v) is 6.39. The standard InChI is InChI=1S/C13H10Cl3NO/c1-8-6-10(14)3-4-11(8)18-7-9-2-5-12(15)17-13(9)16/h2-6H,7H2,1H3. The molecular formula is C13H10Cl3NO. The average molecular weight is 303 g/mol. The van der Waals surface area contributed by atoms with Gasteiger partial charge in [0.25, 0.3) is 0 Å². The van der Waals surface area contributed by atoms with Crippen LogP contribution >= 0.6 is 34.8 Å². The molecule has 1 heterocycles. The molecule has 0 radical (unpaired) electrons. The van der Waals surface area contributed by atoms with E-state index in [1.807, 2.05) is 19.1 Å². The van der Waals surface area contributed by atoms with Crippen molar-refractivity contribution in [3.63, 3.8) is 0 Å². The first-order valence-electron chi connectivity index (χ1n) is 5.26. The van der Waals surface area contributed by atoms with E-state index in [2.05, 4.69) is 4.98 Å². The Hall–Kier alpha value is -0.960. The molecule has 0 aliphatic heterocycles. The first-order chi connectivity index (χ1) is 8.56. The molecule has 1 aromatic heterocycles. The van der Waals surface area contributed by atoms with E-state index < -0.39 is 0 Å². The number of aromatic nitrogens is 1. The van der Waals surface area contributed by atoms with Gasteiger partial charge in [-0.2, -0.15) is 0 Å². The van der Waals surface area contributed by atoms with Gasteiger partial charge >= 0.3 is 0 Å². The van der Waals surface area contributed by atoms with Crippen LogP contribution < -0.4 is 4.74 Å². The lowest BCUT2D eigenvalue weighted by Gasteiger charge is -2.10. The van der Waals surface area contributed by atoms with Crippen molar-refractivity contribution < 1.29 is 4.74 Å². The molecule has 0 saturated heterocycles. The summed E-state index contributed by atoms with van der Waals surface area (Å²) in [6.07, 6.45) is 0. The Bertz CT molecular complexity index is 521. The highest BCUT2D eigenvalue weighted by Crippen LogP contribution is 2.24. The van der Waals surface area contributed by atoms with Gasteiger partial charge in [0, 0.05) is 10.6 Å². The quantitative estimate of drug-likeness (QED) is 0.750. The van der Waals surface area contributed by atoms with Crippen LogP contribution in [0.15, 0.2) is 30.3 Å². The van der Waals surface area contributed by atoms with Gasteiger partial charge in [0.2, 0.25) is 0 Å². The summed E-state index contributed by atoms with van der Waals surface area (Å²) in [5.74, 6) is 0.769. The zero-order chi connectivity index (χ0) is 13.1. The minimum Gasteiger partial charge on any atom is -0.489 e. The molecular weight excluding hydrogens is 293 g/mol. The number of benzene rings is 1. The molecule has 0 atom stereocenters. The van der Waals surface area contributed by atoms with Gasteiger partial charge in [0.1, 0.15) is 22.7 Å². The van der Waals surface area contributed by atoms with E-state index in [1.54, 1.807) is 18.2 Å². The summed E-state index contributed by atoms with van der Waals surface area (Å²) in [4.78, 5) is 3.95. The Morgan fingerprint density at radius 1 is 1.11 bits per heavy atom. The van der Waals surface area contributed by atoms with Crippen molar-refractivity contribution in [3.05, 3.63) is 56.8 Å². The number of hydrogen-bond acceptors (Lipinski definition) is 2. The Labute approximate surface area is 120 Å². The summed E-state index contributed by atoms with van der Waals surface area (Å²) in [5, 5.41) is 1.41. The van der Waals surface area contributed by atoms with Crippen LogP contribution in [0.4, 0.5) is 0 Å². The molecule has 0 amide bonds. The largest absolute Gasteiger partial charge is 0.489 e. The molecule has 94 valence electrons. The van der Waals surface area contributed by atoms with E-state index >= 15 is 0 Å². The smallest absolute Gasteiger partial charge is 0.137 e. The molecule has 0 aliphatic carbocycles. The molecule has 18 heavy (non-hydrogen) atoms. The summed E-state index contributed by atoms with van der Waals surface area (Å²) in [6.45, 7) is 2.27. The molecule has 1 aromatic carbocycles. The third-order valence-electron chi connectivity index (χ3n) is 2.41. The molecule has 0 unspecified atom stereocenters. The summed E-state index contributed by atoms with van der Waals surface area (Å²) in [5.41, 5.74) is 1.76. The molecule has 2 rings (SSSR count). The van der Waals surface area contributed by atoms with E-state index in [-0.39, 0.29) is 0 Å². The average Bonchev–Trinajstić information content (AvgIpc) is 2.30. The Morgan fingerprint density at radius 3 is 2.56 bits per heavy atom. The van der Waals surface area contributed by atoms with Crippen molar-refractivity contribution in [2.75, 3.05) is 0 Å². The summed E-state index contributed by atoms with van der Waals surface area (Å²) in [7, 11) is 0. The molecule has 2 nitrogen and oxygen atoms in total. The van der Waals surface area contributed by atoms with Gasteiger partial charge in [-0.15, -0.1) is 0 Å². The normalized spacial score (nSPS) is 10.4. The summed E-state index contributed by atoms with van der Waals surface area (Å²) < 4.78 is 5.67. The van der Waals surface area contributed by atoms with E-state index in [4.69, 9.17) is 39.5 Å². The number of ether oxygens (including phenoxy) is 1. The molecule has 0 spiro atoms. The van der Waals surface area contributed by atoms with E-state index in [0.29, 0.717) is 21.9 Å². The Morgan fingerprint density at radius 2 is 1.89 bits per heavy atom. The Balaban J connectivity index is 2.11. The van der Waals surface area contributed by atoms with Gasteiger partial charge in [-0.25, -0.2) is 4.98 Å². The van der Waals surface area contributed by atoms with Crippen LogP contribution in [0.5, 0.6) is 5.75 Å². The topological polar surface area (TPSA) is 22.1 Å². The lowest BCUT2D eigenvalue weighted by Crippen LogP contribution is -1.98. The predicted octanol–water partition coefficient (Wildman–Crippen LogP) is 4.93. The predicted molar refractivity (Wildman–Crippen MR) is 74.8 cm³/mol. The maximum Gasteiger partial charge on any atom is 0.137 e. The van der Waals surface area contributed by atoms with Gasteiger partial charge in [0.05, 0.1) is 0 Å². The highest BCUT2D eigenvalue weighted by Gasteiger charge is 2.05. The monoisotopic (exact) mass is 301 g/mol. The molecule has 5 heteroatoms. The van der Waals surface area contributed by atoms with Crippen LogP contribution in [-0.4, -0.2) is 4.98 Å². The second-order valence-corrected chi connectivity index (χ2v) is 4.96. The van der Waals surface area contributed by atoms with Gasteiger partial charge in [-0.05, 0) is 42.8 Å². The highest BCUT2D eigenvalue weighted by molar-refractivity contribution is 6.32. The first kappa shape index (κ1) is 13.5. The second kappa shape index (κ2) is 5.79. The summed E-state index contributed by atoms with van der Waals surface area (Å²) >= 11 is 17.6. The van der Waals surface area contributed by atoms with E-state index in [1.165, 1.54) is 0 Å². The number of nitrogens with zero attached hydrogens (tertiary/aromatic N) is 1. The van der Waals surface area contributed by atoms with Crippen molar-refractivity contribution in [3.8, 4) is 5.75 Å². The van der Waals surface area contributed by atoms with Crippen molar-refractivity contribution in [2.24, 2.45) is 0 Å². The Kier molecular flexibility index (Phi) is 4.33. The van der Waals surface area contributed by atoms with Crippen molar-refractivity contribution in [1.29, 1.82) is 0 Å². The van der Waals surface area contributed by atoms with Crippen LogP contribution in [0.2, 0.25) is 15.3 Å². The van der Waals surface area contributed by atoms with Crippen LogP contribution in [-0.2, 0) is 6.61 Å². The summed E-state index contributed by atoms with van der Waals surface area (Å²) in [6, 6.07) is 8.93. The van der Waals surface area contributed by atoms with Crippen LogP contribution in [0, 0.1) is 6.92 Å². The second-order valence-electron chi connectivity index (χ2n) is 3.78. The maximum absolute atomic E-state index is 5.96. The lowest BCUT2D eigenvalue weighted by molar-refractivity contribution is 0.304. The minimum absolute atomic E-state index is 0.339. The molecule has 0 bridgehead atoms. The molecule has 0 N–H and O–H groups in total. The number of rotatable bonds is 3. The van der Waals surface area contributed by atoms with E-state index in [0.717, 1.165) is 16.9 Å². The van der Waals surface area contributed by atoms with Crippen LogP contribution in [0.25, 0.3) is 0 Å². The molecule has 2 aromatic rings. The molecule has 0 aliphatic rings. The van der Waals surface area contributed by atoms with Crippen molar-refractivity contribution in [1.82, 2.24) is 4.98 Å². The third kappa shape index (κ3) is 3.29. The van der Waals surface area contributed by atoms with Gasteiger partial charge in [-0.1, -0.05) is 34.8 Å². The zero-order valence-electron chi connectivity index (χ0n) is 9.58. The fourth-order valence-electron chi connectivity index (χ4n) is 1.48. The van der Waals surface area contributed by atoms with Gasteiger partial charge in [-0.3, -0.25) is 0 Å². The van der Waals surface area contributed by atoms with Gasteiger partial charge in [0.15, 0.2) is 0 Å².